The SMILES string of the molecule is [2H]C(CCCCCCCCCCC)C([2H])([2H])C(=O)O. The lowest BCUT2D eigenvalue weighted by Gasteiger charge is -2.01. The molecule has 0 heterocycles. The first-order valence-corrected chi connectivity index (χ1v) is 6.58. The highest BCUT2D eigenvalue weighted by Crippen LogP contribution is 2.11. The van der Waals surface area contributed by atoms with Crippen LogP contribution in [0.3, 0.4) is 0 Å². The molecule has 16 heavy (non-hydrogen) atoms. The molecule has 0 aliphatic carbocycles. The summed E-state index contributed by atoms with van der Waals surface area (Å²) in [5.74, 6) is -1.52. The molecule has 0 saturated carbocycles. The van der Waals surface area contributed by atoms with Gasteiger partial charge in [0.05, 0.1) is 0 Å². The second kappa shape index (κ2) is 12.5. The van der Waals surface area contributed by atoms with Gasteiger partial charge in [-0.05, 0) is 6.40 Å². The molecule has 1 atom stereocenters. The fraction of sp³-hybridized carbons (Fsp3) is 0.929. The number of unbranched alkanes of at least 4 members (excludes halogenated alkanes) is 8. The van der Waals surface area contributed by atoms with Crippen LogP contribution in [0.2, 0.25) is 0 Å². The van der Waals surface area contributed by atoms with Gasteiger partial charge in [-0.3, -0.25) is 4.79 Å². The summed E-state index contributed by atoms with van der Waals surface area (Å²) in [7, 11) is 0. The standard InChI is InChI=1S/C14H28O2/c1-2-3-4-5-6-7-8-9-10-11-12-13-14(15)16/h2-13H2,1H3,(H,15,16)/i12D,13D2. The third-order valence-electron chi connectivity index (χ3n) is 2.68. The van der Waals surface area contributed by atoms with Crippen LogP contribution in [0.15, 0.2) is 0 Å². The lowest BCUT2D eigenvalue weighted by molar-refractivity contribution is -0.137. The lowest BCUT2D eigenvalue weighted by atomic mass is 10.1. The van der Waals surface area contributed by atoms with Crippen molar-refractivity contribution in [2.24, 2.45) is 0 Å². The van der Waals surface area contributed by atoms with Gasteiger partial charge in [-0.2, -0.15) is 0 Å². The van der Waals surface area contributed by atoms with Gasteiger partial charge in [0.1, 0.15) is 0 Å². The first-order valence-electron chi connectivity index (χ1n) is 8.16. The van der Waals surface area contributed by atoms with Crippen molar-refractivity contribution in [2.45, 2.75) is 83.9 Å². The Kier molecular flexibility index (Phi) is 8.32. The zero-order valence-electron chi connectivity index (χ0n) is 13.5. The second-order valence-corrected chi connectivity index (χ2v) is 4.27. The summed E-state index contributed by atoms with van der Waals surface area (Å²) in [6, 6.07) is 0. The molecule has 0 rings (SSSR count). The Bertz CT molecular complexity index is 245. The van der Waals surface area contributed by atoms with E-state index < -0.39 is 18.7 Å². The molecule has 1 unspecified atom stereocenters. The van der Waals surface area contributed by atoms with Crippen molar-refractivity contribution < 1.29 is 14.0 Å². The largest absolute Gasteiger partial charge is 0.481 e. The third-order valence-corrected chi connectivity index (χ3v) is 2.68. The van der Waals surface area contributed by atoms with Crippen molar-refractivity contribution in [3.8, 4) is 0 Å². The van der Waals surface area contributed by atoms with E-state index in [1.807, 2.05) is 0 Å². The van der Waals surface area contributed by atoms with Crippen molar-refractivity contribution in [3.05, 3.63) is 0 Å². The summed E-state index contributed by atoms with van der Waals surface area (Å²) < 4.78 is 22.1. The van der Waals surface area contributed by atoms with Crippen LogP contribution >= 0.6 is 0 Å². The third kappa shape index (κ3) is 13.5. The number of hydrogen-bond donors (Lipinski definition) is 1. The van der Waals surface area contributed by atoms with E-state index in [0.717, 1.165) is 19.3 Å². The van der Waals surface area contributed by atoms with E-state index >= 15 is 0 Å². The van der Waals surface area contributed by atoms with Gasteiger partial charge in [0.25, 0.3) is 0 Å². The Morgan fingerprint density at radius 2 is 1.38 bits per heavy atom. The van der Waals surface area contributed by atoms with Crippen molar-refractivity contribution in [2.75, 3.05) is 0 Å². The Hall–Kier alpha value is -0.530. The summed E-state index contributed by atoms with van der Waals surface area (Å²) in [6.45, 7) is 2.20. The zero-order chi connectivity index (χ0) is 14.7. The molecule has 0 fully saturated rings. The van der Waals surface area contributed by atoms with Gasteiger partial charge in [-0.1, -0.05) is 71.1 Å². The Labute approximate surface area is 105 Å². The van der Waals surface area contributed by atoms with Crippen molar-refractivity contribution in [1.82, 2.24) is 0 Å². The van der Waals surface area contributed by atoms with Crippen LogP contribution in [0.1, 0.15) is 88.0 Å². The molecule has 96 valence electrons. The van der Waals surface area contributed by atoms with Gasteiger partial charge in [-0.25, -0.2) is 0 Å². The highest BCUT2D eigenvalue weighted by molar-refractivity contribution is 5.66. The molecular formula is C14H28O2. The van der Waals surface area contributed by atoms with Crippen LogP contribution in [0.5, 0.6) is 0 Å². The summed E-state index contributed by atoms with van der Waals surface area (Å²) in [5.41, 5.74) is 0. The molecule has 0 bridgehead atoms. The highest BCUT2D eigenvalue weighted by atomic mass is 16.4. The molecule has 2 nitrogen and oxygen atoms in total. The fourth-order valence-corrected chi connectivity index (χ4v) is 1.72. The minimum absolute atomic E-state index is 0.329. The van der Waals surface area contributed by atoms with Crippen LogP contribution in [0, 0.1) is 0 Å². The smallest absolute Gasteiger partial charge is 0.303 e. The maximum Gasteiger partial charge on any atom is 0.303 e. The topological polar surface area (TPSA) is 37.3 Å². The summed E-state index contributed by atoms with van der Waals surface area (Å²) in [6.07, 6.45) is 7.19. The quantitative estimate of drug-likeness (QED) is 0.491. The predicted molar refractivity (Wildman–Crippen MR) is 68.7 cm³/mol. The van der Waals surface area contributed by atoms with Crippen LogP contribution in [-0.4, -0.2) is 11.1 Å². The van der Waals surface area contributed by atoms with E-state index in [4.69, 9.17) is 9.22 Å². The first kappa shape index (κ1) is 10.6. The maximum absolute atomic E-state index is 10.6. The van der Waals surface area contributed by atoms with E-state index in [1.165, 1.54) is 38.5 Å². The minimum Gasteiger partial charge on any atom is -0.481 e. The van der Waals surface area contributed by atoms with Crippen LogP contribution in [-0.2, 0) is 4.79 Å². The van der Waals surface area contributed by atoms with E-state index in [2.05, 4.69) is 6.92 Å². The van der Waals surface area contributed by atoms with Crippen molar-refractivity contribution in [1.29, 1.82) is 0 Å². The van der Waals surface area contributed by atoms with Crippen LogP contribution < -0.4 is 0 Å². The molecule has 0 aliphatic heterocycles. The van der Waals surface area contributed by atoms with Gasteiger partial charge in [-0.15, -0.1) is 0 Å². The monoisotopic (exact) mass is 231 g/mol. The summed E-state index contributed by atoms with van der Waals surface area (Å²) in [4.78, 5) is 10.6. The Morgan fingerprint density at radius 3 is 1.81 bits per heavy atom. The second-order valence-electron chi connectivity index (χ2n) is 4.27. The van der Waals surface area contributed by atoms with Crippen LogP contribution in [0.25, 0.3) is 0 Å². The van der Waals surface area contributed by atoms with Gasteiger partial charge in [0.2, 0.25) is 0 Å². The molecule has 0 amide bonds. The van der Waals surface area contributed by atoms with Gasteiger partial charge in [0, 0.05) is 10.5 Å². The Balaban J connectivity index is 3.47. The lowest BCUT2D eigenvalue weighted by Crippen LogP contribution is -1.93. The van der Waals surface area contributed by atoms with Crippen molar-refractivity contribution >= 4 is 5.97 Å². The maximum atomic E-state index is 10.6. The molecule has 1 N–H and O–H groups in total. The molecular weight excluding hydrogens is 200 g/mol. The number of hydrogen-bond acceptors (Lipinski definition) is 1. The fourth-order valence-electron chi connectivity index (χ4n) is 1.72. The summed E-state index contributed by atoms with van der Waals surface area (Å²) in [5, 5.41) is 8.66. The summed E-state index contributed by atoms with van der Waals surface area (Å²) >= 11 is 0. The molecule has 0 aromatic carbocycles. The average molecular weight is 231 g/mol. The number of carboxylic acid groups (broad SMARTS) is 1. The average Bonchev–Trinajstić information content (AvgIpc) is 2.36. The minimum atomic E-state index is -2.42. The number of carbonyl (C=O) groups is 1. The number of carboxylic acids is 1. The molecule has 0 aliphatic rings. The molecule has 0 radical (unpaired) electrons. The van der Waals surface area contributed by atoms with Crippen molar-refractivity contribution in [3.63, 3.8) is 0 Å². The van der Waals surface area contributed by atoms with E-state index in [1.54, 1.807) is 0 Å². The predicted octanol–water partition coefficient (Wildman–Crippen LogP) is 4.77. The van der Waals surface area contributed by atoms with Gasteiger partial charge in [0.15, 0.2) is 0 Å². The normalized spacial score (nSPS) is 16.2. The van der Waals surface area contributed by atoms with Gasteiger partial charge >= 0.3 is 5.97 Å². The molecule has 2 heteroatoms. The van der Waals surface area contributed by atoms with E-state index in [0.29, 0.717) is 6.42 Å². The molecule has 0 aromatic rings. The number of rotatable bonds is 12. The number of aliphatic carboxylic acids is 1. The highest BCUT2D eigenvalue weighted by Gasteiger charge is 1.96. The molecule has 0 aromatic heterocycles. The molecule has 0 saturated heterocycles. The Morgan fingerprint density at radius 1 is 0.938 bits per heavy atom. The van der Waals surface area contributed by atoms with E-state index in [9.17, 15) is 4.79 Å². The zero-order valence-corrected chi connectivity index (χ0v) is 10.5. The first-order chi connectivity index (χ1) is 8.92. The van der Waals surface area contributed by atoms with E-state index in [-0.39, 0.29) is 0 Å². The molecule has 0 spiro atoms. The van der Waals surface area contributed by atoms with Crippen LogP contribution in [0.4, 0.5) is 0 Å². The van der Waals surface area contributed by atoms with Gasteiger partial charge < -0.3 is 5.11 Å².